The Morgan fingerprint density at radius 2 is 2.06 bits per heavy atom. The maximum atomic E-state index is 14.1. The number of hydrogen-bond donors (Lipinski definition) is 1. The first-order valence-electron chi connectivity index (χ1n) is 11.6. The standard InChI is InChI=1S/C24H25F2N5O4S/c1-13-5-6-29(7-8-35-2)19-12-30-11-16(21(32)22(33)20(30)24(34)31(13)19)23-28-27-18(36-23)9-14-3-4-15(25)10-17(14)26/h3-4,10-11,13,19,33H,5-9,12H2,1-2H3/t13-,19-/m0/s1. The highest BCUT2D eigenvalue weighted by atomic mass is 32.1. The summed E-state index contributed by atoms with van der Waals surface area (Å²) in [7, 11) is 1.63. The Hall–Kier alpha value is -3.22. The van der Waals surface area contributed by atoms with Gasteiger partial charge in [-0.1, -0.05) is 17.4 Å². The van der Waals surface area contributed by atoms with E-state index in [1.165, 1.54) is 12.3 Å². The fraction of sp³-hybridized carbons (Fsp3) is 0.417. The largest absolute Gasteiger partial charge is 0.503 e. The van der Waals surface area contributed by atoms with Crippen LogP contribution in [-0.4, -0.2) is 74.6 Å². The van der Waals surface area contributed by atoms with E-state index < -0.39 is 28.7 Å². The van der Waals surface area contributed by atoms with E-state index in [1.54, 1.807) is 16.6 Å². The number of carbonyl (C=O) groups excluding carboxylic acids is 1. The van der Waals surface area contributed by atoms with Gasteiger partial charge in [0.2, 0.25) is 5.43 Å². The van der Waals surface area contributed by atoms with Crippen LogP contribution < -0.4 is 5.43 Å². The SMILES string of the molecule is COCCN1CC[C@H](C)N2C(=O)c3c(O)c(=O)c(-c4nnc(Cc5ccc(F)cc5F)s4)cn3C[C@@H]12. The van der Waals surface area contributed by atoms with Gasteiger partial charge in [-0.25, -0.2) is 8.78 Å². The molecule has 1 aromatic carbocycles. The third kappa shape index (κ3) is 4.29. The number of amides is 1. The van der Waals surface area contributed by atoms with Crippen molar-refractivity contribution < 1.29 is 23.4 Å². The number of nitrogens with zero attached hydrogens (tertiary/aromatic N) is 5. The molecule has 4 heterocycles. The molecule has 0 radical (unpaired) electrons. The van der Waals surface area contributed by atoms with Crippen LogP contribution in [0.5, 0.6) is 5.75 Å². The molecule has 190 valence electrons. The van der Waals surface area contributed by atoms with E-state index in [1.807, 2.05) is 6.92 Å². The Labute approximate surface area is 209 Å². The molecular formula is C24H25F2N5O4S. The summed E-state index contributed by atoms with van der Waals surface area (Å²) in [6.07, 6.45) is 2.13. The topological polar surface area (TPSA) is 101 Å². The summed E-state index contributed by atoms with van der Waals surface area (Å²) in [6.45, 7) is 4.29. The molecule has 2 aromatic heterocycles. The number of pyridine rings is 1. The van der Waals surface area contributed by atoms with Crippen LogP contribution in [0, 0.1) is 11.6 Å². The van der Waals surface area contributed by atoms with E-state index in [9.17, 15) is 23.5 Å². The molecule has 5 rings (SSSR count). The zero-order valence-corrected chi connectivity index (χ0v) is 20.6. The Balaban J connectivity index is 1.49. The Morgan fingerprint density at radius 3 is 2.81 bits per heavy atom. The van der Waals surface area contributed by atoms with Gasteiger partial charge in [0.25, 0.3) is 5.91 Å². The number of fused-ring (bicyclic) bond motifs is 2. The van der Waals surface area contributed by atoms with Gasteiger partial charge in [0, 0.05) is 44.9 Å². The second-order valence-corrected chi connectivity index (χ2v) is 10.1. The van der Waals surface area contributed by atoms with Crippen molar-refractivity contribution in [1.29, 1.82) is 0 Å². The van der Waals surface area contributed by atoms with E-state index in [-0.39, 0.29) is 40.5 Å². The van der Waals surface area contributed by atoms with Crippen molar-refractivity contribution in [2.75, 3.05) is 26.8 Å². The van der Waals surface area contributed by atoms with Gasteiger partial charge in [0.15, 0.2) is 16.5 Å². The molecule has 1 amide bonds. The summed E-state index contributed by atoms with van der Waals surface area (Å²) >= 11 is 1.07. The smallest absolute Gasteiger partial charge is 0.276 e. The van der Waals surface area contributed by atoms with Crippen LogP contribution in [0.15, 0.2) is 29.2 Å². The minimum Gasteiger partial charge on any atom is -0.503 e. The van der Waals surface area contributed by atoms with E-state index >= 15 is 0 Å². The summed E-state index contributed by atoms with van der Waals surface area (Å²) in [5, 5.41) is 19.6. The van der Waals surface area contributed by atoms with Gasteiger partial charge in [-0.05, 0) is 25.0 Å². The number of ether oxygens (including phenoxy) is 1. The van der Waals surface area contributed by atoms with Crippen LogP contribution in [0.1, 0.15) is 34.4 Å². The van der Waals surface area contributed by atoms with Crippen LogP contribution in [0.3, 0.4) is 0 Å². The average molecular weight is 518 g/mol. The van der Waals surface area contributed by atoms with Crippen molar-refractivity contribution in [3.05, 3.63) is 62.5 Å². The van der Waals surface area contributed by atoms with Crippen LogP contribution in [0.2, 0.25) is 0 Å². The molecule has 0 bridgehead atoms. The second-order valence-electron chi connectivity index (χ2n) is 8.99. The van der Waals surface area contributed by atoms with Gasteiger partial charge in [0.05, 0.1) is 18.7 Å². The highest BCUT2D eigenvalue weighted by Crippen LogP contribution is 2.33. The summed E-state index contributed by atoms with van der Waals surface area (Å²) in [6, 6.07) is 3.26. The van der Waals surface area contributed by atoms with Crippen molar-refractivity contribution >= 4 is 17.2 Å². The van der Waals surface area contributed by atoms with E-state index in [2.05, 4.69) is 15.1 Å². The molecular weight excluding hydrogens is 492 g/mol. The Morgan fingerprint density at radius 1 is 1.25 bits per heavy atom. The summed E-state index contributed by atoms with van der Waals surface area (Å²) < 4.78 is 34.1. The van der Waals surface area contributed by atoms with Crippen LogP contribution in [-0.2, 0) is 17.7 Å². The maximum Gasteiger partial charge on any atom is 0.276 e. The van der Waals surface area contributed by atoms with Gasteiger partial charge in [-0.3, -0.25) is 14.5 Å². The van der Waals surface area contributed by atoms with Crippen molar-refractivity contribution in [2.24, 2.45) is 0 Å². The van der Waals surface area contributed by atoms with Gasteiger partial charge in [-0.15, -0.1) is 10.2 Å². The molecule has 0 unspecified atom stereocenters. The first-order valence-corrected chi connectivity index (χ1v) is 12.4. The third-order valence-corrected chi connectivity index (χ3v) is 7.70. The molecule has 0 saturated carbocycles. The summed E-state index contributed by atoms with van der Waals surface area (Å²) in [4.78, 5) is 30.4. The highest BCUT2D eigenvalue weighted by Gasteiger charge is 2.43. The van der Waals surface area contributed by atoms with Crippen molar-refractivity contribution in [1.82, 2.24) is 24.6 Å². The molecule has 3 aromatic rings. The number of halogens is 2. The van der Waals surface area contributed by atoms with E-state index in [0.29, 0.717) is 24.7 Å². The lowest BCUT2D eigenvalue weighted by Gasteiger charge is -2.50. The Bertz CT molecular complexity index is 1380. The number of carbonyl (C=O) groups is 1. The second kappa shape index (κ2) is 9.68. The lowest BCUT2D eigenvalue weighted by Crippen LogP contribution is -2.64. The zero-order valence-electron chi connectivity index (χ0n) is 19.8. The maximum absolute atomic E-state index is 14.1. The summed E-state index contributed by atoms with van der Waals surface area (Å²) in [5.74, 6) is -2.39. The molecule has 2 aliphatic rings. The number of rotatable bonds is 6. The number of aromatic hydroxyl groups is 1. The lowest BCUT2D eigenvalue weighted by molar-refractivity contribution is -0.0395. The van der Waals surface area contributed by atoms with Gasteiger partial charge in [-0.2, -0.15) is 0 Å². The highest BCUT2D eigenvalue weighted by molar-refractivity contribution is 7.14. The third-order valence-electron chi connectivity index (χ3n) is 6.74. The van der Waals surface area contributed by atoms with Crippen LogP contribution >= 0.6 is 11.3 Å². The number of benzene rings is 1. The number of aromatic nitrogens is 3. The zero-order chi connectivity index (χ0) is 25.6. The van der Waals surface area contributed by atoms with Gasteiger partial charge < -0.3 is 19.3 Å². The monoisotopic (exact) mass is 517 g/mol. The van der Waals surface area contributed by atoms with Gasteiger partial charge >= 0.3 is 0 Å². The van der Waals surface area contributed by atoms with Crippen molar-refractivity contribution in [2.45, 2.75) is 38.5 Å². The lowest BCUT2D eigenvalue weighted by atomic mass is 10.0. The minimum atomic E-state index is -0.718. The molecule has 2 aliphatic heterocycles. The normalized spacial score (nSPS) is 19.9. The fourth-order valence-corrected chi connectivity index (χ4v) is 5.72. The molecule has 1 saturated heterocycles. The molecule has 9 nitrogen and oxygen atoms in total. The molecule has 0 aliphatic carbocycles. The molecule has 12 heteroatoms. The quantitative estimate of drug-likeness (QED) is 0.536. The molecule has 1 fully saturated rings. The summed E-state index contributed by atoms with van der Waals surface area (Å²) in [5.41, 5.74) is -0.409. The molecule has 0 spiro atoms. The molecule has 1 N–H and O–H groups in total. The van der Waals surface area contributed by atoms with Crippen molar-refractivity contribution in [3.8, 4) is 16.3 Å². The average Bonchev–Trinajstić information content (AvgIpc) is 3.31. The van der Waals surface area contributed by atoms with Crippen molar-refractivity contribution in [3.63, 3.8) is 0 Å². The first-order chi connectivity index (χ1) is 17.3. The predicted molar refractivity (Wildman–Crippen MR) is 128 cm³/mol. The molecule has 2 atom stereocenters. The van der Waals surface area contributed by atoms with Crippen LogP contribution in [0.4, 0.5) is 8.78 Å². The fourth-order valence-electron chi connectivity index (χ4n) is 4.85. The molecule has 36 heavy (non-hydrogen) atoms. The van der Waals surface area contributed by atoms with Gasteiger partial charge in [0.1, 0.15) is 22.8 Å². The number of methoxy groups -OCH3 is 1. The van der Waals surface area contributed by atoms with E-state index in [0.717, 1.165) is 36.4 Å². The predicted octanol–water partition coefficient (Wildman–Crippen LogP) is 2.46. The minimum absolute atomic E-state index is 0.0400. The number of hydrogen-bond acceptors (Lipinski definition) is 8. The Kier molecular flexibility index (Phi) is 6.58. The van der Waals surface area contributed by atoms with Crippen LogP contribution in [0.25, 0.3) is 10.6 Å². The van der Waals surface area contributed by atoms with E-state index in [4.69, 9.17) is 4.74 Å². The first kappa shape index (κ1) is 24.5.